The summed E-state index contributed by atoms with van der Waals surface area (Å²) in [5, 5.41) is 2.88. The van der Waals surface area contributed by atoms with E-state index in [1.54, 1.807) is 6.20 Å². The second kappa shape index (κ2) is 6.93. The van der Waals surface area contributed by atoms with E-state index in [9.17, 15) is 4.79 Å². The van der Waals surface area contributed by atoms with Gasteiger partial charge >= 0.3 is 0 Å². The maximum absolute atomic E-state index is 11.6. The predicted octanol–water partition coefficient (Wildman–Crippen LogP) is 2.14. The first-order valence-electron chi connectivity index (χ1n) is 5.63. The first-order valence-corrected chi connectivity index (χ1v) is 6.82. The quantitative estimate of drug-likeness (QED) is 0.865. The summed E-state index contributed by atoms with van der Waals surface area (Å²) in [4.78, 5) is 18.8. The summed E-state index contributed by atoms with van der Waals surface area (Å²) in [6, 6.07) is 0.180. The molecular weight excluding hydrogens is 258 g/mol. The van der Waals surface area contributed by atoms with Crippen molar-refractivity contribution in [3.63, 3.8) is 0 Å². The summed E-state index contributed by atoms with van der Waals surface area (Å²) < 4.78 is 0.544. The van der Waals surface area contributed by atoms with E-state index >= 15 is 0 Å². The molecule has 1 amide bonds. The smallest absolute Gasteiger partial charge is 0.234 e. The Morgan fingerprint density at radius 2 is 2.35 bits per heavy atom. The van der Waals surface area contributed by atoms with Crippen LogP contribution in [0.2, 0.25) is 4.47 Å². The second-order valence-electron chi connectivity index (χ2n) is 4.11. The molecule has 96 valence electrons. The lowest BCUT2D eigenvalue weighted by atomic mass is 10.3. The minimum atomic E-state index is 0.0532. The van der Waals surface area contributed by atoms with E-state index in [2.05, 4.69) is 15.2 Å². The first kappa shape index (κ1) is 14.4. The van der Waals surface area contributed by atoms with Crippen molar-refractivity contribution in [2.75, 3.05) is 13.1 Å². The minimum absolute atomic E-state index is 0.0532. The summed E-state index contributed by atoms with van der Waals surface area (Å²) >= 11 is 7.22. The van der Waals surface area contributed by atoms with Crippen LogP contribution in [0.3, 0.4) is 0 Å². The van der Waals surface area contributed by atoms with Crippen LogP contribution in [0.5, 0.6) is 0 Å². The summed E-state index contributed by atoms with van der Waals surface area (Å²) in [7, 11) is 0. The molecular formula is C11H18ClN3OS. The molecule has 1 aromatic heterocycles. The molecule has 1 aromatic rings. The molecule has 0 unspecified atom stereocenters. The Hall–Kier alpha value is -0.650. The Morgan fingerprint density at radius 3 is 2.82 bits per heavy atom. The van der Waals surface area contributed by atoms with E-state index in [1.807, 2.05) is 20.8 Å². The molecule has 0 aliphatic carbocycles. The van der Waals surface area contributed by atoms with Crippen molar-refractivity contribution in [2.45, 2.75) is 33.4 Å². The molecule has 4 nitrogen and oxygen atoms in total. The average molecular weight is 276 g/mol. The van der Waals surface area contributed by atoms with Gasteiger partial charge in [-0.2, -0.15) is 0 Å². The lowest BCUT2D eigenvalue weighted by molar-refractivity contribution is -0.122. The fourth-order valence-electron chi connectivity index (χ4n) is 1.43. The van der Waals surface area contributed by atoms with Crippen molar-refractivity contribution in [1.82, 2.24) is 15.2 Å². The van der Waals surface area contributed by atoms with E-state index in [-0.39, 0.29) is 11.9 Å². The van der Waals surface area contributed by atoms with Crippen LogP contribution in [-0.2, 0) is 11.3 Å². The molecule has 1 rings (SSSR count). The number of thiazole rings is 1. The summed E-state index contributed by atoms with van der Waals surface area (Å²) in [5.41, 5.74) is 0. The zero-order valence-corrected chi connectivity index (χ0v) is 11.9. The topological polar surface area (TPSA) is 45.2 Å². The van der Waals surface area contributed by atoms with Gasteiger partial charge < -0.3 is 5.32 Å². The SMILES string of the molecule is CCN(CC(=O)NC(C)C)Cc1cnc(Cl)s1. The number of hydrogen-bond acceptors (Lipinski definition) is 4. The number of aromatic nitrogens is 1. The molecule has 0 bridgehead atoms. The van der Waals surface area contributed by atoms with Crippen molar-refractivity contribution >= 4 is 28.8 Å². The Bertz CT molecular complexity index is 367. The van der Waals surface area contributed by atoms with E-state index in [0.29, 0.717) is 17.6 Å². The van der Waals surface area contributed by atoms with Crippen LogP contribution in [0.4, 0.5) is 0 Å². The van der Waals surface area contributed by atoms with Crippen LogP contribution >= 0.6 is 22.9 Å². The molecule has 0 saturated heterocycles. The fourth-order valence-corrected chi connectivity index (χ4v) is 2.45. The highest BCUT2D eigenvalue weighted by Gasteiger charge is 2.11. The Kier molecular flexibility index (Phi) is 5.88. The zero-order valence-electron chi connectivity index (χ0n) is 10.4. The monoisotopic (exact) mass is 275 g/mol. The number of hydrogen-bond donors (Lipinski definition) is 1. The van der Waals surface area contributed by atoms with Gasteiger partial charge in [0, 0.05) is 23.7 Å². The van der Waals surface area contributed by atoms with Gasteiger partial charge in [-0.1, -0.05) is 18.5 Å². The van der Waals surface area contributed by atoms with Crippen molar-refractivity contribution in [2.24, 2.45) is 0 Å². The molecule has 6 heteroatoms. The molecule has 0 fully saturated rings. The van der Waals surface area contributed by atoms with Crippen LogP contribution in [0.1, 0.15) is 25.6 Å². The Balaban J connectivity index is 2.46. The summed E-state index contributed by atoms with van der Waals surface area (Å²) in [5.74, 6) is 0.0532. The van der Waals surface area contributed by atoms with Gasteiger partial charge in [0.25, 0.3) is 0 Å². The van der Waals surface area contributed by atoms with Gasteiger partial charge in [-0.15, -0.1) is 11.3 Å². The largest absolute Gasteiger partial charge is 0.353 e. The van der Waals surface area contributed by atoms with Crippen LogP contribution in [0, 0.1) is 0 Å². The van der Waals surface area contributed by atoms with E-state index < -0.39 is 0 Å². The highest BCUT2D eigenvalue weighted by atomic mass is 35.5. The number of carbonyl (C=O) groups excluding carboxylic acids is 1. The highest BCUT2D eigenvalue weighted by molar-refractivity contribution is 7.15. The number of halogens is 1. The third-order valence-corrected chi connectivity index (χ3v) is 3.27. The third-order valence-electron chi connectivity index (χ3n) is 2.17. The van der Waals surface area contributed by atoms with Gasteiger partial charge in [0.15, 0.2) is 4.47 Å². The number of rotatable bonds is 6. The molecule has 0 aliphatic heterocycles. The fraction of sp³-hybridized carbons (Fsp3) is 0.636. The maximum Gasteiger partial charge on any atom is 0.234 e. The molecule has 0 aliphatic rings. The highest BCUT2D eigenvalue weighted by Crippen LogP contribution is 2.19. The molecule has 0 aromatic carbocycles. The summed E-state index contributed by atoms with van der Waals surface area (Å²) in [6.45, 7) is 7.89. The number of amides is 1. The number of carbonyl (C=O) groups is 1. The third kappa shape index (κ3) is 5.48. The van der Waals surface area contributed by atoms with Crippen molar-refractivity contribution in [3.05, 3.63) is 15.5 Å². The van der Waals surface area contributed by atoms with Gasteiger partial charge in [-0.3, -0.25) is 9.69 Å². The van der Waals surface area contributed by atoms with Crippen LogP contribution in [-0.4, -0.2) is 34.9 Å². The second-order valence-corrected chi connectivity index (χ2v) is 5.80. The first-order chi connectivity index (χ1) is 8.01. The molecule has 0 saturated carbocycles. The lowest BCUT2D eigenvalue weighted by Gasteiger charge is -2.19. The van der Waals surface area contributed by atoms with Gasteiger partial charge in [0.2, 0.25) is 5.91 Å². The van der Waals surface area contributed by atoms with Crippen LogP contribution in [0.15, 0.2) is 6.20 Å². The molecule has 1 heterocycles. The van der Waals surface area contributed by atoms with Crippen molar-refractivity contribution in [3.8, 4) is 0 Å². The van der Waals surface area contributed by atoms with Gasteiger partial charge in [0.1, 0.15) is 0 Å². The van der Waals surface area contributed by atoms with E-state index in [4.69, 9.17) is 11.6 Å². The Morgan fingerprint density at radius 1 is 1.65 bits per heavy atom. The molecule has 17 heavy (non-hydrogen) atoms. The molecule has 0 atom stereocenters. The minimum Gasteiger partial charge on any atom is -0.353 e. The lowest BCUT2D eigenvalue weighted by Crippen LogP contribution is -2.39. The van der Waals surface area contributed by atoms with Gasteiger partial charge in [-0.05, 0) is 20.4 Å². The predicted molar refractivity (Wildman–Crippen MR) is 71.4 cm³/mol. The average Bonchev–Trinajstić information content (AvgIpc) is 2.61. The standard InChI is InChI=1S/C11H18ClN3OS/c1-4-15(7-10(16)14-8(2)3)6-9-5-13-11(12)17-9/h5,8H,4,6-7H2,1-3H3,(H,14,16). The van der Waals surface area contributed by atoms with Crippen molar-refractivity contribution in [1.29, 1.82) is 0 Å². The van der Waals surface area contributed by atoms with Gasteiger partial charge in [-0.25, -0.2) is 4.98 Å². The molecule has 0 spiro atoms. The Labute approximate surface area is 111 Å². The number of likely N-dealkylation sites (N-methyl/N-ethyl adjacent to an activating group) is 1. The normalized spacial score (nSPS) is 11.2. The van der Waals surface area contributed by atoms with Gasteiger partial charge in [0.05, 0.1) is 6.54 Å². The van der Waals surface area contributed by atoms with Crippen molar-refractivity contribution < 1.29 is 4.79 Å². The zero-order chi connectivity index (χ0) is 12.8. The van der Waals surface area contributed by atoms with E-state index in [0.717, 1.165) is 11.4 Å². The summed E-state index contributed by atoms with van der Waals surface area (Å²) in [6.07, 6.45) is 1.76. The number of nitrogens with one attached hydrogen (secondary N) is 1. The molecule has 0 radical (unpaired) electrons. The molecule has 1 N–H and O–H groups in total. The van der Waals surface area contributed by atoms with Crippen LogP contribution < -0.4 is 5.32 Å². The van der Waals surface area contributed by atoms with Crippen LogP contribution in [0.25, 0.3) is 0 Å². The number of nitrogens with zero attached hydrogens (tertiary/aromatic N) is 2. The van der Waals surface area contributed by atoms with E-state index in [1.165, 1.54) is 11.3 Å². The maximum atomic E-state index is 11.6.